The molecular formula is C13H16N2O3S2. The van der Waals surface area contributed by atoms with Gasteiger partial charge in [0.05, 0.1) is 12.8 Å². The molecule has 1 N–H and O–H groups in total. The number of nitrogens with zero attached hydrogens (tertiary/aromatic N) is 1. The highest BCUT2D eigenvalue weighted by Crippen LogP contribution is 2.31. The van der Waals surface area contributed by atoms with Crippen molar-refractivity contribution in [1.29, 1.82) is 0 Å². The van der Waals surface area contributed by atoms with E-state index in [1.165, 1.54) is 18.4 Å². The number of rotatable bonds is 4. The zero-order chi connectivity index (χ0) is 14.9. The summed E-state index contributed by atoms with van der Waals surface area (Å²) in [5.41, 5.74) is 2.42. The molecule has 2 aromatic rings. The average Bonchev–Trinajstić information content (AvgIpc) is 2.73. The third-order valence-corrected chi connectivity index (χ3v) is 5.07. The van der Waals surface area contributed by atoms with Gasteiger partial charge in [0.25, 0.3) is 10.0 Å². The molecule has 7 heteroatoms. The van der Waals surface area contributed by atoms with Crippen molar-refractivity contribution in [2.45, 2.75) is 25.7 Å². The van der Waals surface area contributed by atoms with Crippen molar-refractivity contribution in [3.05, 3.63) is 34.3 Å². The molecule has 0 radical (unpaired) electrons. The molecule has 108 valence electrons. The Morgan fingerprint density at radius 3 is 2.50 bits per heavy atom. The Kier molecular flexibility index (Phi) is 4.01. The first-order valence-corrected chi connectivity index (χ1v) is 8.30. The van der Waals surface area contributed by atoms with E-state index in [2.05, 4.69) is 9.71 Å². The molecule has 0 aliphatic rings. The Bertz CT molecular complexity index is 736. The van der Waals surface area contributed by atoms with Crippen LogP contribution in [0.15, 0.2) is 22.4 Å². The molecule has 0 aliphatic heterocycles. The van der Waals surface area contributed by atoms with Crippen molar-refractivity contribution in [1.82, 2.24) is 4.98 Å². The van der Waals surface area contributed by atoms with Crippen molar-refractivity contribution in [3.8, 4) is 5.75 Å². The van der Waals surface area contributed by atoms with E-state index in [4.69, 9.17) is 4.74 Å². The van der Waals surface area contributed by atoms with Gasteiger partial charge in [0, 0.05) is 5.38 Å². The lowest BCUT2D eigenvalue weighted by Crippen LogP contribution is -2.14. The highest BCUT2D eigenvalue weighted by Gasteiger charge is 2.22. The van der Waals surface area contributed by atoms with Gasteiger partial charge >= 0.3 is 0 Å². The quantitative estimate of drug-likeness (QED) is 0.942. The van der Waals surface area contributed by atoms with Gasteiger partial charge in [-0.3, -0.25) is 4.72 Å². The highest BCUT2D eigenvalue weighted by atomic mass is 32.2. The standard InChI is InChI=1S/C13H16N2O3S2/c1-8-5-9(2)12(18-4)11(6-8)20(16,17)15-13-14-10(3)7-19-13/h5-7H,1-4H3,(H,14,15). The van der Waals surface area contributed by atoms with Gasteiger partial charge in [-0.15, -0.1) is 11.3 Å². The van der Waals surface area contributed by atoms with E-state index in [1.54, 1.807) is 11.4 Å². The van der Waals surface area contributed by atoms with Crippen LogP contribution in [0.3, 0.4) is 0 Å². The predicted molar refractivity (Wildman–Crippen MR) is 80.1 cm³/mol. The van der Waals surface area contributed by atoms with Gasteiger partial charge in [0.1, 0.15) is 10.6 Å². The molecule has 1 aromatic heterocycles. The minimum atomic E-state index is -3.71. The number of anilines is 1. The number of aryl methyl sites for hydroxylation is 3. The molecule has 5 nitrogen and oxygen atoms in total. The lowest BCUT2D eigenvalue weighted by Gasteiger charge is -2.13. The molecule has 0 atom stereocenters. The number of thiazole rings is 1. The summed E-state index contributed by atoms with van der Waals surface area (Å²) in [4.78, 5) is 4.24. The maximum atomic E-state index is 12.5. The zero-order valence-corrected chi connectivity index (χ0v) is 13.4. The van der Waals surface area contributed by atoms with Crippen molar-refractivity contribution in [2.75, 3.05) is 11.8 Å². The molecule has 0 fully saturated rings. The molecule has 20 heavy (non-hydrogen) atoms. The van der Waals surface area contributed by atoms with E-state index in [-0.39, 0.29) is 4.90 Å². The van der Waals surface area contributed by atoms with Crippen molar-refractivity contribution in [3.63, 3.8) is 0 Å². The molecular weight excluding hydrogens is 296 g/mol. The average molecular weight is 312 g/mol. The van der Waals surface area contributed by atoms with Crippen LogP contribution in [-0.2, 0) is 10.0 Å². The molecule has 1 aromatic carbocycles. The Labute approximate surface area is 122 Å². The van der Waals surface area contributed by atoms with Gasteiger partial charge in [-0.25, -0.2) is 13.4 Å². The predicted octanol–water partition coefficient (Wildman–Crippen LogP) is 2.88. The second-order valence-electron chi connectivity index (χ2n) is 4.51. The summed E-state index contributed by atoms with van der Waals surface area (Å²) in [6.45, 7) is 5.48. The summed E-state index contributed by atoms with van der Waals surface area (Å²) in [5, 5.41) is 2.14. The molecule has 0 saturated carbocycles. The molecule has 0 spiro atoms. The number of hydrogen-bond donors (Lipinski definition) is 1. The highest BCUT2D eigenvalue weighted by molar-refractivity contribution is 7.93. The van der Waals surface area contributed by atoms with Crippen molar-refractivity contribution in [2.24, 2.45) is 0 Å². The van der Waals surface area contributed by atoms with E-state index in [0.29, 0.717) is 10.9 Å². The molecule has 0 bridgehead atoms. The first-order valence-electron chi connectivity index (χ1n) is 5.93. The Balaban J connectivity index is 2.49. The summed E-state index contributed by atoms with van der Waals surface area (Å²) in [5.74, 6) is 0.358. The number of nitrogens with one attached hydrogen (secondary N) is 1. The van der Waals surface area contributed by atoms with E-state index >= 15 is 0 Å². The number of sulfonamides is 1. The summed E-state index contributed by atoms with van der Waals surface area (Å²) in [7, 11) is -2.25. The number of aromatic nitrogens is 1. The van der Waals surface area contributed by atoms with Gasteiger partial charge in [0.2, 0.25) is 0 Å². The Hall–Kier alpha value is -1.60. The third kappa shape index (κ3) is 2.94. The first-order chi connectivity index (χ1) is 9.33. The van der Waals surface area contributed by atoms with Crippen LogP contribution in [0.2, 0.25) is 0 Å². The van der Waals surface area contributed by atoms with Gasteiger partial charge in [-0.1, -0.05) is 6.07 Å². The summed E-state index contributed by atoms with van der Waals surface area (Å²) >= 11 is 1.25. The van der Waals surface area contributed by atoms with E-state index in [0.717, 1.165) is 16.8 Å². The normalized spacial score (nSPS) is 11.4. The van der Waals surface area contributed by atoms with Gasteiger partial charge in [0.15, 0.2) is 5.13 Å². The summed E-state index contributed by atoms with van der Waals surface area (Å²) < 4.78 is 32.6. The Morgan fingerprint density at radius 2 is 1.95 bits per heavy atom. The molecule has 0 amide bonds. The van der Waals surface area contributed by atoms with E-state index < -0.39 is 10.0 Å². The fraction of sp³-hybridized carbons (Fsp3) is 0.308. The van der Waals surface area contributed by atoms with E-state index in [1.807, 2.05) is 26.8 Å². The van der Waals surface area contributed by atoms with Crippen molar-refractivity contribution < 1.29 is 13.2 Å². The number of ether oxygens (including phenoxy) is 1. The molecule has 0 saturated heterocycles. The van der Waals surface area contributed by atoms with Gasteiger partial charge < -0.3 is 4.74 Å². The first kappa shape index (κ1) is 14.8. The summed E-state index contributed by atoms with van der Waals surface area (Å²) in [6, 6.07) is 3.47. The molecule has 2 rings (SSSR count). The second kappa shape index (κ2) is 5.41. The molecule has 0 unspecified atom stereocenters. The fourth-order valence-electron chi connectivity index (χ4n) is 1.95. The molecule has 1 heterocycles. The zero-order valence-electron chi connectivity index (χ0n) is 11.7. The molecule has 0 aliphatic carbocycles. The number of methoxy groups -OCH3 is 1. The van der Waals surface area contributed by atoms with Crippen LogP contribution < -0.4 is 9.46 Å². The lowest BCUT2D eigenvalue weighted by atomic mass is 10.1. The lowest BCUT2D eigenvalue weighted by molar-refractivity contribution is 0.399. The number of benzene rings is 1. The van der Waals surface area contributed by atoms with Crippen LogP contribution in [0, 0.1) is 20.8 Å². The maximum absolute atomic E-state index is 12.5. The maximum Gasteiger partial charge on any atom is 0.267 e. The Morgan fingerprint density at radius 1 is 1.25 bits per heavy atom. The SMILES string of the molecule is COc1c(C)cc(C)cc1S(=O)(=O)Nc1nc(C)cs1. The number of hydrogen-bond acceptors (Lipinski definition) is 5. The monoisotopic (exact) mass is 312 g/mol. The van der Waals surface area contributed by atoms with Crippen LogP contribution in [0.5, 0.6) is 5.75 Å². The third-order valence-electron chi connectivity index (χ3n) is 2.72. The largest absolute Gasteiger partial charge is 0.495 e. The summed E-state index contributed by atoms with van der Waals surface area (Å²) in [6.07, 6.45) is 0. The van der Waals surface area contributed by atoms with Crippen LogP contribution in [0.25, 0.3) is 0 Å². The minimum Gasteiger partial charge on any atom is -0.495 e. The van der Waals surface area contributed by atoms with Crippen molar-refractivity contribution >= 4 is 26.5 Å². The van der Waals surface area contributed by atoms with E-state index in [9.17, 15) is 8.42 Å². The van der Waals surface area contributed by atoms with Crippen LogP contribution in [0.1, 0.15) is 16.8 Å². The topological polar surface area (TPSA) is 68.3 Å². The van der Waals surface area contributed by atoms with Crippen LogP contribution in [0.4, 0.5) is 5.13 Å². The van der Waals surface area contributed by atoms with Crippen LogP contribution >= 0.6 is 11.3 Å². The van der Waals surface area contributed by atoms with Crippen LogP contribution in [-0.4, -0.2) is 20.5 Å². The second-order valence-corrected chi connectivity index (χ2v) is 7.02. The minimum absolute atomic E-state index is 0.130. The fourth-order valence-corrected chi connectivity index (χ4v) is 4.22. The van der Waals surface area contributed by atoms with Gasteiger partial charge in [-0.2, -0.15) is 0 Å². The van der Waals surface area contributed by atoms with Gasteiger partial charge in [-0.05, 0) is 38.0 Å². The smallest absolute Gasteiger partial charge is 0.267 e.